The number of hydrogen-bond acceptors (Lipinski definition) is 4. The summed E-state index contributed by atoms with van der Waals surface area (Å²) >= 11 is 0. The molecule has 0 radical (unpaired) electrons. The van der Waals surface area contributed by atoms with Gasteiger partial charge in [-0.2, -0.15) is 0 Å². The van der Waals surface area contributed by atoms with Gasteiger partial charge in [0.25, 0.3) is 5.91 Å². The van der Waals surface area contributed by atoms with Crippen molar-refractivity contribution >= 4 is 5.91 Å². The fraction of sp³-hybridized carbons (Fsp3) is 0.684. The lowest BCUT2D eigenvalue weighted by atomic mass is 9.75. The summed E-state index contributed by atoms with van der Waals surface area (Å²) in [5.41, 5.74) is 0.900. The Morgan fingerprint density at radius 1 is 1.21 bits per heavy atom. The fourth-order valence-electron chi connectivity index (χ4n) is 4.09. The van der Waals surface area contributed by atoms with Gasteiger partial charge in [0.05, 0.1) is 5.54 Å². The number of aromatic nitrogens is 1. The van der Waals surface area contributed by atoms with E-state index in [2.05, 4.69) is 16.9 Å². The number of likely N-dealkylation sites (N-methyl/N-ethyl adjacent to an activating group) is 1. The molecule has 5 nitrogen and oxygen atoms in total. The molecule has 0 N–H and O–H groups in total. The van der Waals surface area contributed by atoms with Crippen molar-refractivity contribution in [1.82, 2.24) is 14.8 Å². The van der Waals surface area contributed by atoms with Crippen LogP contribution in [0, 0.1) is 11.8 Å². The molecular formula is C19H27N3O2. The van der Waals surface area contributed by atoms with Gasteiger partial charge in [-0.15, -0.1) is 0 Å². The van der Waals surface area contributed by atoms with Crippen LogP contribution < -0.4 is 0 Å². The molecule has 4 rings (SSSR count). The predicted octanol–water partition coefficient (Wildman–Crippen LogP) is 2.04. The highest BCUT2D eigenvalue weighted by atomic mass is 16.5. The molecule has 3 aliphatic rings. The molecule has 3 fully saturated rings. The van der Waals surface area contributed by atoms with E-state index in [-0.39, 0.29) is 11.4 Å². The number of carbonyl (C=O) groups is 1. The molecule has 1 spiro atoms. The van der Waals surface area contributed by atoms with Gasteiger partial charge in [0, 0.05) is 44.3 Å². The summed E-state index contributed by atoms with van der Waals surface area (Å²) in [7, 11) is 2.20. The molecule has 1 saturated carbocycles. The van der Waals surface area contributed by atoms with Crippen LogP contribution >= 0.6 is 0 Å². The van der Waals surface area contributed by atoms with E-state index >= 15 is 0 Å². The Hall–Kier alpha value is -1.46. The van der Waals surface area contributed by atoms with E-state index in [0.29, 0.717) is 5.92 Å². The number of likely N-dealkylation sites (tertiary alicyclic amines) is 2. The van der Waals surface area contributed by atoms with Gasteiger partial charge >= 0.3 is 0 Å². The standard InChI is InChI=1S/C19H27N3O2/c1-21-9-6-16(12-24-11-15-2-3-15)10-19(21)13-22(14-19)18(23)17-4-7-20-8-5-17/h4-5,7-8,15-16H,2-3,6,9-14H2,1H3/t16-/m1/s1. The Bertz CT molecular complexity index is 582. The van der Waals surface area contributed by atoms with Crippen molar-refractivity contribution in [2.75, 3.05) is 39.9 Å². The third-order valence-corrected chi connectivity index (χ3v) is 5.94. The average molecular weight is 329 g/mol. The lowest BCUT2D eigenvalue weighted by Gasteiger charge is -2.58. The highest BCUT2D eigenvalue weighted by molar-refractivity contribution is 5.94. The second-order valence-corrected chi connectivity index (χ2v) is 7.88. The van der Waals surface area contributed by atoms with Crippen molar-refractivity contribution in [3.05, 3.63) is 30.1 Å². The zero-order chi connectivity index (χ0) is 16.6. The molecule has 3 heterocycles. The largest absolute Gasteiger partial charge is 0.381 e. The molecule has 1 atom stereocenters. The van der Waals surface area contributed by atoms with Gasteiger partial charge in [-0.3, -0.25) is 14.7 Å². The highest BCUT2D eigenvalue weighted by Crippen LogP contribution is 2.39. The molecule has 1 aromatic rings. The van der Waals surface area contributed by atoms with Crippen molar-refractivity contribution in [2.24, 2.45) is 11.8 Å². The first-order valence-corrected chi connectivity index (χ1v) is 9.15. The third kappa shape index (κ3) is 3.20. The molecule has 2 aliphatic heterocycles. The number of piperidine rings is 1. The van der Waals surface area contributed by atoms with Crippen molar-refractivity contribution in [3.8, 4) is 0 Å². The normalized spacial score (nSPS) is 26.4. The second-order valence-electron chi connectivity index (χ2n) is 7.88. The molecule has 5 heteroatoms. The summed E-state index contributed by atoms with van der Waals surface area (Å²) in [5, 5.41) is 0. The van der Waals surface area contributed by atoms with Gasteiger partial charge in [-0.25, -0.2) is 0 Å². The van der Waals surface area contributed by atoms with Gasteiger partial charge in [0.2, 0.25) is 0 Å². The highest BCUT2D eigenvalue weighted by Gasteiger charge is 2.51. The lowest BCUT2D eigenvalue weighted by Crippen LogP contribution is -2.72. The van der Waals surface area contributed by atoms with Crippen LogP contribution in [0.5, 0.6) is 0 Å². The maximum Gasteiger partial charge on any atom is 0.254 e. The lowest BCUT2D eigenvalue weighted by molar-refractivity contribution is -0.0761. The van der Waals surface area contributed by atoms with Crippen molar-refractivity contribution < 1.29 is 9.53 Å². The summed E-state index contributed by atoms with van der Waals surface area (Å²) in [6.45, 7) is 4.62. The number of pyridine rings is 1. The molecular weight excluding hydrogens is 302 g/mol. The van der Waals surface area contributed by atoms with Gasteiger partial charge in [-0.05, 0) is 63.2 Å². The molecule has 2 saturated heterocycles. The van der Waals surface area contributed by atoms with Gasteiger partial charge in [0.1, 0.15) is 0 Å². The number of nitrogens with zero attached hydrogens (tertiary/aromatic N) is 3. The minimum absolute atomic E-state index is 0.128. The first-order valence-electron chi connectivity index (χ1n) is 9.15. The summed E-state index contributed by atoms with van der Waals surface area (Å²) in [5.74, 6) is 1.60. The van der Waals surface area contributed by atoms with Crippen LogP contribution in [0.3, 0.4) is 0 Å². The molecule has 1 aliphatic carbocycles. The van der Waals surface area contributed by atoms with E-state index in [4.69, 9.17) is 4.74 Å². The molecule has 1 amide bonds. The quantitative estimate of drug-likeness (QED) is 0.829. The number of amides is 1. The van der Waals surface area contributed by atoms with Crippen molar-refractivity contribution in [1.29, 1.82) is 0 Å². The smallest absolute Gasteiger partial charge is 0.254 e. The van der Waals surface area contributed by atoms with Crippen LogP contribution in [0.4, 0.5) is 0 Å². The minimum Gasteiger partial charge on any atom is -0.381 e. The minimum atomic E-state index is 0.128. The van der Waals surface area contributed by atoms with E-state index in [9.17, 15) is 4.79 Å². The van der Waals surface area contributed by atoms with Crippen LogP contribution in [-0.4, -0.2) is 66.1 Å². The van der Waals surface area contributed by atoms with E-state index in [0.717, 1.165) is 50.8 Å². The molecule has 0 aromatic carbocycles. The van der Waals surface area contributed by atoms with Gasteiger partial charge in [-0.1, -0.05) is 0 Å². The van der Waals surface area contributed by atoms with Gasteiger partial charge in [0.15, 0.2) is 0 Å². The Labute approximate surface area is 144 Å². The first kappa shape index (κ1) is 16.0. The molecule has 0 bridgehead atoms. The zero-order valence-corrected chi connectivity index (χ0v) is 14.5. The topological polar surface area (TPSA) is 45.7 Å². The Balaban J connectivity index is 1.32. The summed E-state index contributed by atoms with van der Waals surface area (Å²) in [4.78, 5) is 21.0. The van der Waals surface area contributed by atoms with Gasteiger partial charge < -0.3 is 9.64 Å². The monoisotopic (exact) mass is 329 g/mol. The van der Waals surface area contributed by atoms with Crippen LogP contribution in [0.2, 0.25) is 0 Å². The second kappa shape index (κ2) is 6.45. The first-order chi connectivity index (χ1) is 11.7. The number of ether oxygens (including phenoxy) is 1. The molecule has 0 unspecified atom stereocenters. The Morgan fingerprint density at radius 3 is 2.62 bits per heavy atom. The number of carbonyl (C=O) groups excluding carboxylic acids is 1. The Kier molecular flexibility index (Phi) is 4.31. The summed E-state index contributed by atoms with van der Waals surface area (Å²) < 4.78 is 5.93. The SMILES string of the molecule is CN1CC[C@@H](COCC2CC2)CC12CN(C(=O)c1ccncc1)C2. The molecule has 24 heavy (non-hydrogen) atoms. The Morgan fingerprint density at radius 2 is 1.92 bits per heavy atom. The van der Waals surface area contributed by atoms with Crippen LogP contribution in [-0.2, 0) is 4.74 Å². The van der Waals surface area contributed by atoms with Crippen molar-refractivity contribution in [3.63, 3.8) is 0 Å². The fourth-order valence-corrected chi connectivity index (χ4v) is 4.09. The third-order valence-electron chi connectivity index (χ3n) is 5.94. The van der Waals surface area contributed by atoms with Crippen molar-refractivity contribution in [2.45, 2.75) is 31.2 Å². The van der Waals surface area contributed by atoms with Crippen LogP contribution in [0.15, 0.2) is 24.5 Å². The van der Waals surface area contributed by atoms with Crippen LogP contribution in [0.1, 0.15) is 36.0 Å². The van der Waals surface area contributed by atoms with Crippen LogP contribution in [0.25, 0.3) is 0 Å². The summed E-state index contributed by atoms with van der Waals surface area (Å²) in [6, 6.07) is 3.60. The predicted molar refractivity (Wildman–Crippen MR) is 91.8 cm³/mol. The van der Waals surface area contributed by atoms with E-state index in [1.54, 1.807) is 24.5 Å². The molecule has 1 aromatic heterocycles. The van der Waals surface area contributed by atoms with E-state index in [1.165, 1.54) is 19.3 Å². The summed E-state index contributed by atoms with van der Waals surface area (Å²) in [6.07, 6.45) is 8.42. The number of rotatable bonds is 5. The van der Waals surface area contributed by atoms with E-state index < -0.39 is 0 Å². The van der Waals surface area contributed by atoms with E-state index in [1.807, 2.05) is 4.90 Å². The zero-order valence-electron chi connectivity index (χ0n) is 14.5. The number of hydrogen-bond donors (Lipinski definition) is 0. The maximum absolute atomic E-state index is 12.5. The average Bonchev–Trinajstić information content (AvgIpc) is 3.39. The molecule has 130 valence electrons. The maximum atomic E-state index is 12.5.